The summed E-state index contributed by atoms with van der Waals surface area (Å²) in [5.74, 6) is 2.11. The Bertz CT molecular complexity index is 746. The SMILES string of the molecule is N#Cc1ccc(NC(=O)CCN2CCCC2C(=O)N2CCSCC2)cc1Cl. The molecule has 0 spiro atoms. The number of benzene rings is 1. The van der Waals surface area contributed by atoms with Crippen molar-refractivity contribution in [2.75, 3.05) is 43.0 Å². The number of rotatable bonds is 5. The van der Waals surface area contributed by atoms with Gasteiger partial charge in [-0.15, -0.1) is 0 Å². The summed E-state index contributed by atoms with van der Waals surface area (Å²) in [6.45, 7) is 3.07. The molecule has 2 aliphatic heterocycles. The fourth-order valence-electron chi connectivity index (χ4n) is 3.52. The lowest BCUT2D eigenvalue weighted by atomic mass is 10.2. The lowest BCUT2D eigenvalue weighted by Crippen LogP contribution is -2.48. The fourth-order valence-corrected chi connectivity index (χ4v) is 4.65. The van der Waals surface area contributed by atoms with E-state index in [4.69, 9.17) is 16.9 Å². The van der Waals surface area contributed by atoms with Crippen molar-refractivity contribution in [2.45, 2.75) is 25.3 Å². The fraction of sp³-hybridized carbons (Fsp3) is 0.526. The van der Waals surface area contributed by atoms with Crippen LogP contribution in [-0.4, -0.2) is 65.3 Å². The van der Waals surface area contributed by atoms with Gasteiger partial charge >= 0.3 is 0 Å². The predicted octanol–water partition coefficient (Wildman–Crippen LogP) is 2.58. The van der Waals surface area contributed by atoms with Crippen molar-refractivity contribution in [3.8, 4) is 6.07 Å². The van der Waals surface area contributed by atoms with E-state index in [1.807, 2.05) is 22.7 Å². The van der Waals surface area contributed by atoms with Crippen molar-refractivity contribution in [2.24, 2.45) is 0 Å². The maximum atomic E-state index is 12.8. The molecule has 27 heavy (non-hydrogen) atoms. The van der Waals surface area contributed by atoms with Gasteiger partial charge in [-0.05, 0) is 37.6 Å². The molecule has 8 heteroatoms. The van der Waals surface area contributed by atoms with Crippen LogP contribution in [0.1, 0.15) is 24.8 Å². The first-order valence-electron chi connectivity index (χ1n) is 9.18. The van der Waals surface area contributed by atoms with Crippen LogP contribution >= 0.6 is 23.4 Å². The summed E-state index contributed by atoms with van der Waals surface area (Å²) in [6, 6.07) is 6.73. The van der Waals surface area contributed by atoms with Gasteiger partial charge in [-0.25, -0.2) is 0 Å². The van der Waals surface area contributed by atoms with Crippen LogP contribution in [0.5, 0.6) is 0 Å². The Balaban J connectivity index is 1.51. The molecule has 1 unspecified atom stereocenters. The second-order valence-corrected chi connectivity index (χ2v) is 8.37. The van der Waals surface area contributed by atoms with Crippen LogP contribution in [0.4, 0.5) is 5.69 Å². The van der Waals surface area contributed by atoms with Gasteiger partial charge in [-0.2, -0.15) is 17.0 Å². The number of carbonyl (C=O) groups excluding carboxylic acids is 2. The molecular weight excluding hydrogens is 384 g/mol. The molecule has 0 saturated carbocycles. The molecule has 0 aliphatic carbocycles. The number of nitriles is 1. The second kappa shape index (κ2) is 9.45. The third kappa shape index (κ3) is 5.16. The van der Waals surface area contributed by atoms with Crippen LogP contribution < -0.4 is 5.32 Å². The van der Waals surface area contributed by atoms with Gasteiger partial charge in [0.05, 0.1) is 16.6 Å². The number of anilines is 1. The van der Waals surface area contributed by atoms with E-state index < -0.39 is 0 Å². The van der Waals surface area contributed by atoms with E-state index in [9.17, 15) is 9.59 Å². The molecule has 0 bridgehead atoms. The summed E-state index contributed by atoms with van der Waals surface area (Å²) >= 11 is 7.89. The highest BCUT2D eigenvalue weighted by atomic mass is 35.5. The van der Waals surface area contributed by atoms with Gasteiger partial charge in [-0.1, -0.05) is 11.6 Å². The maximum absolute atomic E-state index is 12.8. The summed E-state index contributed by atoms with van der Waals surface area (Å²) < 4.78 is 0. The standard InChI is InChI=1S/C19H23ClN4O2S/c20-16-12-15(4-3-14(16)13-21)22-18(25)5-7-23-6-1-2-17(23)19(26)24-8-10-27-11-9-24/h3-4,12,17H,1-2,5-11H2,(H,22,25). The maximum Gasteiger partial charge on any atom is 0.239 e. The molecule has 144 valence electrons. The highest BCUT2D eigenvalue weighted by Gasteiger charge is 2.34. The zero-order chi connectivity index (χ0) is 19.2. The Labute approximate surface area is 168 Å². The van der Waals surface area contributed by atoms with Crippen molar-refractivity contribution in [3.63, 3.8) is 0 Å². The summed E-state index contributed by atoms with van der Waals surface area (Å²) in [5, 5.41) is 12.0. The van der Waals surface area contributed by atoms with E-state index in [2.05, 4.69) is 10.2 Å². The zero-order valence-electron chi connectivity index (χ0n) is 15.1. The van der Waals surface area contributed by atoms with Crippen molar-refractivity contribution in [3.05, 3.63) is 28.8 Å². The lowest BCUT2D eigenvalue weighted by Gasteiger charge is -2.32. The minimum Gasteiger partial charge on any atom is -0.340 e. The smallest absolute Gasteiger partial charge is 0.239 e. The molecule has 6 nitrogen and oxygen atoms in total. The molecular formula is C19H23ClN4O2S. The predicted molar refractivity (Wildman–Crippen MR) is 108 cm³/mol. The Hall–Kier alpha value is -1.75. The first kappa shape index (κ1) is 20.0. The number of amides is 2. The number of hydrogen-bond donors (Lipinski definition) is 1. The zero-order valence-corrected chi connectivity index (χ0v) is 16.7. The van der Waals surface area contributed by atoms with Crippen molar-refractivity contribution in [1.82, 2.24) is 9.80 Å². The second-order valence-electron chi connectivity index (χ2n) is 6.74. The molecule has 2 saturated heterocycles. The Morgan fingerprint density at radius 2 is 2.07 bits per heavy atom. The van der Waals surface area contributed by atoms with Crippen molar-refractivity contribution >= 4 is 40.9 Å². The summed E-state index contributed by atoms with van der Waals surface area (Å²) in [7, 11) is 0. The van der Waals surface area contributed by atoms with Gasteiger partial charge in [0.25, 0.3) is 0 Å². The molecule has 2 fully saturated rings. The third-order valence-electron chi connectivity index (χ3n) is 4.97. The van der Waals surface area contributed by atoms with E-state index >= 15 is 0 Å². The first-order chi connectivity index (χ1) is 13.1. The number of nitrogens with zero attached hydrogens (tertiary/aromatic N) is 3. The molecule has 3 rings (SSSR count). The largest absolute Gasteiger partial charge is 0.340 e. The lowest BCUT2D eigenvalue weighted by molar-refractivity contribution is -0.136. The van der Waals surface area contributed by atoms with Gasteiger partial charge < -0.3 is 10.2 Å². The van der Waals surface area contributed by atoms with Crippen LogP contribution in [0.15, 0.2) is 18.2 Å². The van der Waals surface area contributed by atoms with E-state index in [-0.39, 0.29) is 17.9 Å². The summed E-state index contributed by atoms with van der Waals surface area (Å²) in [4.78, 5) is 29.2. The molecule has 2 amide bonds. The number of thioether (sulfide) groups is 1. The topological polar surface area (TPSA) is 76.4 Å². The number of carbonyl (C=O) groups is 2. The Kier molecular flexibility index (Phi) is 7.00. The van der Waals surface area contributed by atoms with Gasteiger partial charge in [-0.3, -0.25) is 14.5 Å². The van der Waals surface area contributed by atoms with Crippen LogP contribution in [-0.2, 0) is 9.59 Å². The van der Waals surface area contributed by atoms with E-state index in [0.717, 1.165) is 44.0 Å². The minimum atomic E-state index is -0.122. The van der Waals surface area contributed by atoms with Crippen LogP contribution in [0.2, 0.25) is 5.02 Å². The molecule has 1 N–H and O–H groups in total. The number of nitrogens with one attached hydrogen (secondary N) is 1. The van der Waals surface area contributed by atoms with E-state index in [0.29, 0.717) is 29.2 Å². The Morgan fingerprint density at radius 1 is 1.30 bits per heavy atom. The van der Waals surface area contributed by atoms with Crippen molar-refractivity contribution < 1.29 is 9.59 Å². The monoisotopic (exact) mass is 406 g/mol. The molecule has 2 heterocycles. The average Bonchev–Trinajstić information content (AvgIpc) is 3.15. The number of likely N-dealkylation sites (tertiary alicyclic amines) is 1. The number of halogens is 1. The molecule has 1 aromatic carbocycles. The molecule has 0 radical (unpaired) electrons. The van der Waals surface area contributed by atoms with Crippen LogP contribution in [0.25, 0.3) is 0 Å². The minimum absolute atomic E-state index is 0.0924. The number of hydrogen-bond acceptors (Lipinski definition) is 5. The van der Waals surface area contributed by atoms with E-state index in [1.165, 1.54) is 0 Å². The molecule has 0 aromatic heterocycles. The van der Waals surface area contributed by atoms with Gasteiger partial charge in [0, 0.05) is 43.2 Å². The normalized spacial score (nSPS) is 20.3. The summed E-state index contributed by atoms with van der Waals surface area (Å²) in [5.41, 5.74) is 0.952. The Morgan fingerprint density at radius 3 is 2.78 bits per heavy atom. The average molecular weight is 407 g/mol. The molecule has 2 aliphatic rings. The van der Waals surface area contributed by atoms with Crippen molar-refractivity contribution in [1.29, 1.82) is 5.26 Å². The quantitative estimate of drug-likeness (QED) is 0.813. The first-order valence-corrected chi connectivity index (χ1v) is 10.7. The van der Waals surface area contributed by atoms with Gasteiger partial charge in [0.2, 0.25) is 11.8 Å². The summed E-state index contributed by atoms with van der Waals surface area (Å²) in [6.07, 6.45) is 2.18. The van der Waals surface area contributed by atoms with Gasteiger partial charge in [0.1, 0.15) is 6.07 Å². The van der Waals surface area contributed by atoms with Gasteiger partial charge in [0.15, 0.2) is 0 Å². The highest BCUT2D eigenvalue weighted by Crippen LogP contribution is 2.22. The highest BCUT2D eigenvalue weighted by molar-refractivity contribution is 7.99. The van der Waals surface area contributed by atoms with Crippen LogP contribution in [0, 0.1) is 11.3 Å². The third-order valence-corrected chi connectivity index (χ3v) is 6.23. The van der Waals surface area contributed by atoms with E-state index in [1.54, 1.807) is 18.2 Å². The molecule has 1 atom stereocenters. The van der Waals surface area contributed by atoms with Crippen LogP contribution in [0.3, 0.4) is 0 Å². The molecule has 1 aromatic rings.